The molecule has 5 aromatic rings. The van der Waals surface area contributed by atoms with Crippen LogP contribution in [-0.4, -0.2) is 38.1 Å². The first-order valence-corrected chi connectivity index (χ1v) is 12.8. The molecular weight excluding hydrogens is 464 g/mol. The van der Waals surface area contributed by atoms with Gasteiger partial charge in [-0.3, -0.25) is 5.10 Å². The maximum atomic E-state index is 10.2. The van der Waals surface area contributed by atoms with Crippen molar-refractivity contribution < 1.29 is 9.84 Å². The molecule has 0 amide bonds. The average Bonchev–Trinajstić information content (AvgIpc) is 3.62. The number of aliphatic hydroxyl groups is 1. The Kier molecular flexibility index (Phi) is 6.32. The van der Waals surface area contributed by atoms with Crippen molar-refractivity contribution >= 4 is 39.0 Å². The van der Waals surface area contributed by atoms with E-state index < -0.39 is 6.23 Å². The van der Waals surface area contributed by atoms with Crippen LogP contribution in [0.4, 0.5) is 17.2 Å². The molecule has 188 valence electrons. The molecule has 6 rings (SSSR count). The predicted molar refractivity (Wildman–Crippen MR) is 147 cm³/mol. The number of hydrogen-bond donors (Lipinski definition) is 4. The van der Waals surface area contributed by atoms with Crippen molar-refractivity contribution in [3.8, 4) is 17.1 Å². The molecule has 3 aromatic carbocycles. The van der Waals surface area contributed by atoms with Gasteiger partial charge in [-0.05, 0) is 73.7 Å². The lowest BCUT2D eigenvalue weighted by Crippen LogP contribution is -2.17. The second-order valence-electron chi connectivity index (χ2n) is 9.66. The van der Waals surface area contributed by atoms with Crippen LogP contribution < -0.4 is 15.4 Å². The van der Waals surface area contributed by atoms with Crippen LogP contribution in [0.15, 0.2) is 66.9 Å². The highest BCUT2D eigenvalue weighted by Gasteiger charge is 2.22. The molecule has 0 aliphatic heterocycles. The summed E-state index contributed by atoms with van der Waals surface area (Å²) in [4.78, 5) is 9.83. The largest absolute Gasteiger partial charge is 0.493 e. The summed E-state index contributed by atoms with van der Waals surface area (Å²) in [6.45, 7) is 2.79. The van der Waals surface area contributed by atoms with E-state index in [1.807, 2.05) is 67.6 Å². The van der Waals surface area contributed by atoms with Crippen molar-refractivity contribution in [2.45, 2.75) is 38.8 Å². The summed E-state index contributed by atoms with van der Waals surface area (Å²) in [7, 11) is 0. The van der Waals surface area contributed by atoms with Crippen molar-refractivity contribution in [2.75, 3.05) is 17.2 Å². The lowest BCUT2D eigenvalue weighted by molar-refractivity contribution is 0.192. The summed E-state index contributed by atoms with van der Waals surface area (Å²) in [5.74, 6) is 2.79. The third kappa shape index (κ3) is 5.34. The molecule has 8 nitrogen and oxygen atoms in total. The van der Waals surface area contributed by atoms with Crippen molar-refractivity contribution in [3.63, 3.8) is 0 Å². The Morgan fingerprint density at radius 3 is 2.84 bits per heavy atom. The average molecular weight is 495 g/mol. The first kappa shape index (κ1) is 23.2. The topological polar surface area (TPSA) is 108 Å². The summed E-state index contributed by atoms with van der Waals surface area (Å²) in [5.41, 5.74) is 4.38. The number of anilines is 3. The van der Waals surface area contributed by atoms with Gasteiger partial charge in [-0.15, -0.1) is 0 Å². The number of ether oxygens (including phenoxy) is 1. The monoisotopic (exact) mass is 494 g/mol. The molecule has 1 aliphatic carbocycles. The number of aromatic amines is 1. The Labute approximate surface area is 215 Å². The van der Waals surface area contributed by atoms with Gasteiger partial charge in [0.05, 0.1) is 23.8 Å². The molecule has 1 unspecified atom stereocenters. The second kappa shape index (κ2) is 10.1. The first-order valence-electron chi connectivity index (χ1n) is 12.8. The Morgan fingerprint density at radius 1 is 1.05 bits per heavy atom. The Morgan fingerprint density at radius 2 is 1.97 bits per heavy atom. The van der Waals surface area contributed by atoms with Gasteiger partial charge in [0.15, 0.2) is 5.82 Å². The molecule has 1 aliphatic rings. The van der Waals surface area contributed by atoms with Gasteiger partial charge < -0.3 is 20.5 Å². The van der Waals surface area contributed by atoms with Gasteiger partial charge in [0.25, 0.3) is 0 Å². The fourth-order valence-corrected chi connectivity index (χ4v) is 4.36. The van der Waals surface area contributed by atoms with E-state index in [1.165, 1.54) is 12.8 Å². The van der Waals surface area contributed by atoms with Crippen LogP contribution in [0.5, 0.6) is 5.75 Å². The quantitative estimate of drug-likeness (QED) is 0.170. The van der Waals surface area contributed by atoms with Crippen molar-refractivity contribution in [3.05, 3.63) is 66.9 Å². The zero-order valence-corrected chi connectivity index (χ0v) is 20.7. The SMILES string of the molecule is CCCC(O)Nc1cccc(-c2nc(Nc3ccc4[nH]ncc4c3)c3cc(OCC4CC4)ccc3n2)c1. The standard InChI is InChI=1S/C29H30N6O2/c1-2-4-27(36)31-21-6-3-5-19(13-21)28-33-26-12-10-23(37-17-18-7-8-18)15-24(26)29(34-28)32-22-9-11-25-20(14-22)16-30-35-25/h3,5-6,9-16,18,27,31,36H,2,4,7-8,17H2,1H3,(H,30,35)(H,32,33,34). The van der Waals surface area contributed by atoms with Crippen LogP contribution in [0.1, 0.15) is 32.6 Å². The van der Waals surface area contributed by atoms with Crippen molar-refractivity contribution in [1.29, 1.82) is 0 Å². The molecule has 37 heavy (non-hydrogen) atoms. The summed E-state index contributed by atoms with van der Waals surface area (Å²) in [6.07, 6.45) is 5.27. The summed E-state index contributed by atoms with van der Waals surface area (Å²) in [5, 5.41) is 25.9. The van der Waals surface area contributed by atoms with Crippen molar-refractivity contribution in [2.24, 2.45) is 5.92 Å². The minimum absolute atomic E-state index is 0.595. The fraction of sp³-hybridized carbons (Fsp3) is 0.276. The van der Waals surface area contributed by atoms with Crippen LogP contribution in [0.2, 0.25) is 0 Å². The fourth-order valence-electron chi connectivity index (χ4n) is 4.36. The van der Waals surface area contributed by atoms with Crippen LogP contribution in [0.25, 0.3) is 33.2 Å². The minimum atomic E-state index is -0.595. The van der Waals surface area contributed by atoms with E-state index in [0.29, 0.717) is 24.0 Å². The maximum absolute atomic E-state index is 10.2. The number of H-pyrrole nitrogens is 1. The van der Waals surface area contributed by atoms with Gasteiger partial charge in [0.1, 0.15) is 17.8 Å². The van der Waals surface area contributed by atoms with Gasteiger partial charge in [0.2, 0.25) is 0 Å². The van der Waals surface area contributed by atoms with E-state index in [-0.39, 0.29) is 0 Å². The summed E-state index contributed by atoms with van der Waals surface area (Å²) >= 11 is 0. The lowest BCUT2D eigenvalue weighted by atomic mass is 10.1. The molecule has 1 atom stereocenters. The van der Waals surface area contributed by atoms with Gasteiger partial charge >= 0.3 is 0 Å². The van der Waals surface area contributed by atoms with Crippen LogP contribution in [0, 0.1) is 5.92 Å². The van der Waals surface area contributed by atoms with Gasteiger partial charge in [-0.25, -0.2) is 9.97 Å². The zero-order chi connectivity index (χ0) is 25.2. The third-order valence-electron chi connectivity index (χ3n) is 6.57. The molecule has 0 bridgehead atoms. The number of aliphatic hydroxyl groups excluding tert-OH is 1. The smallest absolute Gasteiger partial charge is 0.162 e. The number of nitrogens with one attached hydrogen (secondary N) is 3. The predicted octanol–water partition coefficient (Wildman–Crippen LogP) is 6.24. The van der Waals surface area contributed by atoms with E-state index in [0.717, 1.165) is 57.5 Å². The number of aromatic nitrogens is 4. The van der Waals surface area contributed by atoms with Crippen LogP contribution >= 0.6 is 0 Å². The normalized spacial score (nSPS) is 14.1. The molecule has 1 saturated carbocycles. The Balaban J connectivity index is 1.38. The number of hydrogen-bond acceptors (Lipinski definition) is 7. The van der Waals surface area contributed by atoms with E-state index >= 15 is 0 Å². The van der Waals surface area contributed by atoms with Gasteiger partial charge in [-0.2, -0.15) is 5.10 Å². The van der Waals surface area contributed by atoms with Crippen LogP contribution in [-0.2, 0) is 0 Å². The number of benzene rings is 3. The lowest BCUT2D eigenvalue weighted by Gasteiger charge is -2.15. The van der Waals surface area contributed by atoms with Gasteiger partial charge in [0, 0.05) is 27.7 Å². The van der Waals surface area contributed by atoms with Crippen molar-refractivity contribution in [1.82, 2.24) is 20.2 Å². The highest BCUT2D eigenvalue weighted by Crippen LogP contribution is 2.33. The Hall–Kier alpha value is -4.17. The molecule has 2 aromatic heterocycles. The highest BCUT2D eigenvalue weighted by molar-refractivity contribution is 5.94. The molecular formula is C29H30N6O2. The maximum Gasteiger partial charge on any atom is 0.162 e. The van der Waals surface area contributed by atoms with E-state index in [2.05, 4.69) is 20.8 Å². The second-order valence-corrected chi connectivity index (χ2v) is 9.66. The number of fused-ring (bicyclic) bond motifs is 2. The van der Waals surface area contributed by atoms with E-state index in [9.17, 15) is 5.11 Å². The highest BCUT2D eigenvalue weighted by atomic mass is 16.5. The zero-order valence-electron chi connectivity index (χ0n) is 20.7. The molecule has 0 saturated heterocycles. The van der Waals surface area contributed by atoms with Crippen LogP contribution in [0.3, 0.4) is 0 Å². The third-order valence-corrected chi connectivity index (χ3v) is 6.57. The molecule has 8 heteroatoms. The Bertz CT molecular complexity index is 1540. The van der Waals surface area contributed by atoms with Gasteiger partial charge in [-0.1, -0.05) is 25.5 Å². The van der Waals surface area contributed by atoms with E-state index in [1.54, 1.807) is 6.20 Å². The first-order chi connectivity index (χ1) is 18.1. The minimum Gasteiger partial charge on any atom is -0.493 e. The number of nitrogens with zero attached hydrogens (tertiary/aromatic N) is 3. The van der Waals surface area contributed by atoms with E-state index in [4.69, 9.17) is 14.7 Å². The molecule has 4 N–H and O–H groups in total. The summed E-state index contributed by atoms with van der Waals surface area (Å²) in [6, 6.07) is 19.8. The number of rotatable bonds is 10. The molecule has 0 spiro atoms. The summed E-state index contributed by atoms with van der Waals surface area (Å²) < 4.78 is 6.05. The molecule has 0 radical (unpaired) electrons. The molecule has 2 heterocycles. The molecule has 1 fully saturated rings.